The smallest absolute Gasteiger partial charge is 0.320 e. The van der Waals surface area contributed by atoms with Crippen LogP contribution in [0.25, 0.3) is 0 Å². The molecule has 0 unspecified atom stereocenters. The molecule has 0 radical (unpaired) electrons. The van der Waals surface area contributed by atoms with Crippen LogP contribution in [0.4, 0.5) is 9.80 Å². The molecule has 116 valence electrons. The molecule has 5 nitrogen and oxygen atoms in total. The van der Waals surface area contributed by atoms with Crippen molar-refractivity contribution in [2.75, 3.05) is 18.5 Å². The predicted octanol–water partition coefficient (Wildman–Crippen LogP) is 3.43. The molecule has 1 saturated heterocycles. The maximum absolute atomic E-state index is 12.3. The number of ether oxygens (including phenoxy) is 1. The number of carbonyl (C=O) groups excluding carboxylic acids is 1. The van der Waals surface area contributed by atoms with Gasteiger partial charge in [-0.15, -0.1) is 11.3 Å². The molecule has 1 aliphatic heterocycles. The lowest BCUT2D eigenvalue weighted by molar-refractivity contribution is 0.0550. The fraction of sp³-hybridized carbons (Fsp3) is 0.375. The Balaban J connectivity index is 1.71. The van der Waals surface area contributed by atoms with Gasteiger partial charge >= 0.3 is 6.03 Å². The van der Waals surface area contributed by atoms with Crippen LogP contribution in [0.5, 0.6) is 0 Å². The number of hydrogen-bond acceptors (Lipinski definition) is 4. The number of nitrogens with zero attached hydrogens (tertiary/aromatic N) is 1. The largest absolute Gasteiger partial charge is 0.381 e. The minimum absolute atomic E-state index is 0.0439. The highest BCUT2D eigenvalue weighted by molar-refractivity contribution is 7.14. The van der Waals surface area contributed by atoms with Gasteiger partial charge in [0.15, 0.2) is 0 Å². The molecule has 2 N–H and O–H groups in total. The third-order valence-corrected chi connectivity index (χ3v) is 4.61. The summed E-state index contributed by atoms with van der Waals surface area (Å²) in [5.74, 6) is 0.368. The third-order valence-electron chi connectivity index (χ3n) is 3.83. The van der Waals surface area contributed by atoms with Gasteiger partial charge in [-0.25, -0.2) is 4.79 Å². The van der Waals surface area contributed by atoms with Crippen LogP contribution >= 0.6 is 11.3 Å². The lowest BCUT2D eigenvalue weighted by Crippen LogP contribution is -2.38. The summed E-state index contributed by atoms with van der Waals surface area (Å²) in [5.41, 5.74) is 1.04. The summed E-state index contributed by atoms with van der Waals surface area (Å²) in [5, 5.41) is 8.76. The zero-order valence-corrected chi connectivity index (χ0v) is 13.0. The Morgan fingerprint density at radius 1 is 1.32 bits per heavy atom. The zero-order valence-electron chi connectivity index (χ0n) is 12.2. The van der Waals surface area contributed by atoms with Gasteiger partial charge in [0.1, 0.15) is 0 Å². The molecule has 2 aromatic rings. The van der Waals surface area contributed by atoms with Crippen molar-refractivity contribution in [3.63, 3.8) is 0 Å². The number of amides is 2. The van der Waals surface area contributed by atoms with E-state index >= 15 is 0 Å². The molecule has 3 heterocycles. The van der Waals surface area contributed by atoms with Gasteiger partial charge in [-0.3, -0.25) is 10.3 Å². The van der Waals surface area contributed by atoms with Crippen molar-refractivity contribution in [1.29, 1.82) is 0 Å². The molecule has 0 aliphatic carbocycles. The van der Waals surface area contributed by atoms with E-state index in [0.717, 1.165) is 36.6 Å². The summed E-state index contributed by atoms with van der Waals surface area (Å²) in [4.78, 5) is 16.5. The van der Waals surface area contributed by atoms with Gasteiger partial charge in [-0.2, -0.15) is 0 Å². The second kappa shape index (κ2) is 7.38. The van der Waals surface area contributed by atoms with E-state index in [1.54, 1.807) is 6.20 Å². The second-order valence-electron chi connectivity index (χ2n) is 5.29. The highest BCUT2D eigenvalue weighted by Crippen LogP contribution is 2.30. The summed E-state index contributed by atoms with van der Waals surface area (Å²) in [7, 11) is 0. The Hall–Kier alpha value is -1.92. The van der Waals surface area contributed by atoms with Crippen LogP contribution in [0, 0.1) is 5.92 Å². The predicted molar refractivity (Wildman–Crippen MR) is 87.0 cm³/mol. The fourth-order valence-corrected chi connectivity index (χ4v) is 3.33. The van der Waals surface area contributed by atoms with E-state index < -0.39 is 0 Å². The molecule has 6 heteroatoms. The fourth-order valence-electron chi connectivity index (χ4n) is 2.72. The summed E-state index contributed by atoms with van der Waals surface area (Å²) >= 11 is 1.51. The van der Waals surface area contributed by atoms with Crippen LogP contribution in [0.2, 0.25) is 0 Å². The SMILES string of the molecule is O=C(Nc1cccs1)N[C@@H](c1cccnc1)C1CCOCC1. The number of carbonyl (C=O) groups is 1. The van der Waals surface area contributed by atoms with Crippen LogP contribution in [-0.4, -0.2) is 24.2 Å². The first-order chi connectivity index (χ1) is 10.8. The first-order valence-electron chi connectivity index (χ1n) is 7.41. The zero-order chi connectivity index (χ0) is 15.2. The average molecular weight is 317 g/mol. The summed E-state index contributed by atoms with van der Waals surface area (Å²) < 4.78 is 5.43. The van der Waals surface area contributed by atoms with Crippen molar-refractivity contribution in [3.05, 3.63) is 47.6 Å². The Morgan fingerprint density at radius 3 is 2.86 bits per heavy atom. The van der Waals surface area contributed by atoms with Gasteiger partial charge in [0.05, 0.1) is 11.0 Å². The number of nitrogens with one attached hydrogen (secondary N) is 2. The Kier molecular flexibility index (Phi) is 5.03. The lowest BCUT2D eigenvalue weighted by atomic mass is 9.88. The van der Waals surface area contributed by atoms with E-state index in [1.165, 1.54) is 11.3 Å². The third kappa shape index (κ3) is 3.84. The number of aromatic nitrogens is 1. The summed E-state index contributed by atoms with van der Waals surface area (Å²) in [6.45, 7) is 1.49. The standard InChI is InChI=1S/C16H19N3O2S/c20-16(18-14-4-2-10-22-14)19-15(12-5-8-21-9-6-12)13-3-1-7-17-11-13/h1-4,7,10-12,15H,5-6,8-9H2,(H2,18,19,20)/t15-/m1/s1. The second-order valence-corrected chi connectivity index (χ2v) is 6.24. The number of rotatable bonds is 4. The molecule has 1 atom stereocenters. The Labute approximate surface area is 133 Å². The average Bonchev–Trinajstić information content (AvgIpc) is 3.07. The maximum Gasteiger partial charge on any atom is 0.320 e. The van der Waals surface area contributed by atoms with E-state index in [9.17, 15) is 4.79 Å². The van der Waals surface area contributed by atoms with Crippen LogP contribution < -0.4 is 10.6 Å². The molecule has 1 aliphatic rings. The number of hydrogen-bond donors (Lipinski definition) is 2. The van der Waals surface area contributed by atoms with Crippen molar-refractivity contribution < 1.29 is 9.53 Å². The normalized spacial score (nSPS) is 16.9. The van der Waals surface area contributed by atoms with Crippen LogP contribution in [0.1, 0.15) is 24.4 Å². The van der Waals surface area contributed by atoms with Crippen molar-refractivity contribution in [2.24, 2.45) is 5.92 Å². The highest BCUT2D eigenvalue weighted by atomic mass is 32.1. The molecule has 22 heavy (non-hydrogen) atoms. The van der Waals surface area contributed by atoms with E-state index in [4.69, 9.17) is 4.74 Å². The first-order valence-corrected chi connectivity index (χ1v) is 8.29. The maximum atomic E-state index is 12.3. The highest BCUT2D eigenvalue weighted by Gasteiger charge is 2.27. The monoisotopic (exact) mass is 317 g/mol. The summed E-state index contributed by atoms with van der Waals surface area (Å²) in [6, 6.07) is 7.49. The van der Waals surface area contributed by atoms with Gasteiger partial charge in [0.2, 0.25) is 0 Å². The van der Waals surface area contributed by atoms with Crippen molar-refractivity contribution in [3.8, 4) is 0 Å². The number of thiophene rings is 1. The van der Waals surface area contributed by atoms with Crippen LogP contribution in [0.3, 0.4) is 0 Å². The van der Waals surface area contributed by atoms with Gasteiger partial charge < -0.3 is 10.1 Å². The van der Waals surface area contributed by atoms with Gasteiger partial charge in [-0.1, -0.05) is 6.07 Å². The van der Waals surface area contributed by atoms with E-state index in [0.29, 0.717) is 5.92 Å². The minimum Gasteiger partial charge on any atom is -0.381 e. The van der Waals surface area contributed by atoms with Crippen LogP contribution in [0.15, 0.2) is 42.0 Å². The van der Waals surface area contributed by atoms with E-state index in [1.807, 2.05) is 35.8 Å². The van der Waals surface area contributed by atoms with E-state index in [-0.39, 0.29) is 12.1 Å². The molecule has 1 fully saturated rings. The molecule has 0 spiro atoms. The summed E-state index contributed by atoms with van der Waals surface area (Å²) in [6.07, 6.45) is 5.46. The molecule has 3 rings (SSSR count). The molecular weight excluding hydrogens is 298 g/mol. The Bertz CT molecular complexity index is 583. The van der Waals surface area contributed by atoms with Gasteiger partial charge in [0.25, 0.3) is 0 Å². The number of anilines is 1. The number of pyridine rings is 1. The molecule has 0 saturated carbocycles. The van der Waals surface area contributed by atoms with Gasteiger partial charge in [0, 0.05) is 25.6 Å². The quantitative estimate of drug-likeness (QED) is 0.908. The number of urea groups is 1. The van der Waals surface area contributed by atoms with Crippen molar-refractivity contribution in [1.82, 2.24) is 10.3 Å². The van der Waals surface area contributed by atoms with Crippen LogP contribution in [-0.2, 0) is 4.74 Å². The topological polar surface area (TPSA) is 63.2 Å². The molecule has 2 aromatic heterocycles. The Morgan fingerprint density at radius 2 is 2.18 bits per heavy atom. The molecule has 0 aromatic carbocycles. The molecular formula is C16H19N3O2S. The molecule has 2 amide bonds. The lowest BCUT2D eigenvalue weighted by Gasteiger charge is -2.31. The minimum atomic E-state index is -0.178. The van der Waals surface area contributed by atoms with Crippen molar-refractivity contribution >= 4 is 22.4 Å². The molecule has 0 bridgehead atoms. The first kappa shape index (κ1) is 15.0. The van der Waals surface area contributed by atoms with E-state index in [2.05, 4.69) is 15.6 Å². The van der Waals surface area contributed by atoms with Gasteiger partial charge in [-0.05, 0) is 47.9 Å². The van der Waals surface area contributed by atoms with Crippen molar-refractivity contribution in [2.45, 2.75) is 18.9 Å².